The normalized spacial score (nSPS) is 19.7. The average molecular weight is 216 g/mol. The Bertz CT molecular complexity index is 426. The van der Waals surface area contributed by atoms with Crippen molar-refractivity contribution in [2.45, 2.75) is 38.4 Å². The summed E-state index contributed by atoms with van der Waals surface area (Å²) in [6, 6.07) is 6.68. The van der Waals surface area contributed by atoms with Gasteiger partial charge in [0.05, 0.1) is 17.7 Å². The molecule has 0 aromatic carbocycles. The Hall–Kier alpha value is -1.14. The lowest BCUT2D eigenvalue weighted by Gasteiger charge is -2.16. The standard InChI is InChI=1S/C12H16N2Si/c1-15(2,3)11-7-6-9-4-5-10(8-13)12(9)14-11/h6-7,10H,4-5H2,1-3H3. The maximum atomic E-state index is 9.03. The highest BCUT2D eigenvalue weighted by Crippen LogP contribution is 2.30. The number of hydrogen-bond acceptors (Lipinski definition) is 2. The molecule has 1 atom stereocenters. The maximum Gasteiger partial charge on any atom is 0.101 e. The van der Waals surface area contributed by atoms with Crippen molar-refractivity contribution >= 4 is 13.4 Å². The predicted molar refractivity (Wildman–Crippen MR) is 63.9 cm³/mol. The fourth-order valence-electron chi connectivity index (χ4n) is 2.00. The van der Waals surface area contributed by atoms with E-state index in [2.05, 4.69) is 37.8 Å². The molecular weight excluding hydrogens is 200 g/mol. The van der Waals surface area contributed by atoms with E-state index >= 15 is 0 Å². The molecule has 78 valence electrons. The van der Waals surface area contributed by atoms with Gasteiger partial charge in [0.2, 0.25) is 0 Å². The first-order valence-corrected chi connectivity index (χ1v) is 8.92. The number of rotatable bonds is 1. The summed E-state index contributed by atoms with van der Waals surface area (Å²) in [7, 11) is -1.34. The molecule has 15 heavy (non-hydrogen) atoms. The molecule has 0 N–H and O–H groups in total. The summed E-state index contributed by atoms with van der Waals surface area (Å²) in [6.45, 7) is 6.87. The van der Waals surface area contributed by atoms with Gasteiger partial charge in [-0.2, -0.15) is 5.26 Å². The van der Waals surface area contributed by atoms with Crippen molar-refractivity contribution in [3.8, 4) is 6.07 Å². The molecule has 0 aliphatic heterocycles. The zero-order valence-electron chi connectivity index (χ0n) is 9.54. The second kappa shape index (κ2) is 3.46. The highest BCUT2D eigenvalue weighted by atomic mass is 28.3. The zero-order valence-corrected chi connectivity index (χ0v) is 10.5. The molecule has 1 aliphatic rings. The number of aromatic nitrogens is 1. The van der Waals surface area contributed by atoms with Crippen LogP contribution in [-0.4, -0.2) is 13.1 Å². The number of hydrogen-bond donors (Lipinski definition) is 0. The predicted octanol–water partition coefficient (Wildman–Crippen LogP) is 2.18. The second-order valence-corrected chi connectivity index (χ2v) is 10.2. The first-order chi connectivity index (χ1) is 7.02. The van der Waals surface area contributed by atoms with E-state index in [0.29, 0.717) is 0 Å². The molecule has 1 aromatic heterocycles. The molecule has 1 heterocycles. The summed E-state index contributed by atoms with van der Waals surface area (Å²) in [4.78, 5) is 4.72. The lowest BCUT2D eigenvalue weighted by atomic mass is 10.1. The molecule has 1 unspecified atom stereocenters. The lowest BCUT2D eigenvalue weighted by Crippen LogP contribution is -2.40. The van der Waals surface area contributed by atoms with Crippen LogP contribution in [0.3, 0.4) is 0 Å². The number of fused-ring (bicyclic) bond motifs is 1. The Balaban J connectivity index is 2.47. The van der Waals surface area contributed by atoms with Gasteiger partial charge >= 0.3 is 0 Å². The van der Waals surface area contributed by atoms with Gasteiger partial charge in [0.25, 0.3) is 0 Å². The number of pyridine rings is 1. The number of nitriles is 1. The van der Waals surface area contributed by atoms with Gasteiger partial charge < -0.3 is 0 Å². The quantitative estimate of drug-likeness (QED) is 0.675. The van der Waals surface area contributed by atoms with Gasteiger partial charge in [-0.25, -0.2) is 0 Å². The van der Waals surface area contributed by atoms with Crippen LogP contribution < -0.4 is 5.32 Å². The Labute approximate surface area is 92.0 Å². The summed E-state index contributed by atoms with van der Waals surface area (Å²) in [5, 5.41) is 10.3. The molecule has 0 bridgehead atoms. The molecule has 0 fully saturated rings. The van der Waals surface area contributed by atoms with Crippen LogP contribution in [0.15, 0.2) is 12.1 Å². The highest BCUT2D eigenvalue weighted by molar-refractivity contribution is 6.88. The zero-order chi connectivity index (χ0) is 11.1. The number of aryl methyl sites for hydroxylation is 1. The van der Waals surface area contributed by atoms with Crippen molar-refractivity contribution in [3.05, 3.63) is 23.4 Å². The van der Waals surface area contributed by atoms with E-state index in [-0.39, 0.29) is 5.92 Å². The van der Waals surface area contributed by atoms with Crippen LogP contribution >= 0.6 is 0 Å². The van der Waals surface area contributed by atoms with Crippen LogP contribution in [-0.2, 0) is 6.42 Å². The summed E-state index contributed by atoms with van der Waals surface area (Å²) in [5.74, 6) is 0.0382. The smallest absolute Gasteiger partial charge is 0.101 e. The van der Waals surface area contributed by atoms with E-state index in [0.717, 1.165) is 18.5 Å². The van der Waals surface area contributed by atoms with E-state index in [1.54, 1.807) is 0 Å². The Morgan fingerprint density at radius 2 is 2.13 bits per heavy atom. The minimum absolute atomic E-state index is 0.0382. The molecule has 1 aliphatic carbocycles. The van der Waals surface area contributed by atoms with Crippen LogP contribution in [0.2, 0.25) is 19.6 Å². The van der Waals surface area contributed by atoms with E-state index < -0.39 is 8.07 Å². The van der Waals surface area contributed by atoms with Crippen molar-refractivity contribution in [1.82, 2.24) is 4.98 Å². The fraction of sp³-hybridized carbons (Fsp3) is 0.500. The average Bonchev–Trinajstić information content (AvgIpc) is 2.57. The van der Waals surface area contributed by atoms with Gasteiger partial charge in [-0.15, -0.1) is 0 Å². The molecule has 0 amide bonds. The monoisotopic (exact) mass is 216 g/mol. The van der Waals surface area contributed by atoms with E-state index in [1.165, 1.54) is 10.9 Å². The summed E-state index contributed by atoms with van der Waals surface area (Å²) >= 11 is 0. The van der Waals surface area contributed by atoms with Gasteiger partial charge in [0, 0.05) is 5.32 Å². The molecule has 2 nitrogen and oxygen atoms in total. The molecule has 0 saturated heterocycles. The Morgan fingerprint density at radius 1 is 1.40 bits per heavy atom. The van der Waals surface area contributed by atoms with Crippen molar-refractivity contribution < 1.29 is 0 Å². The van der Waals surface area contributed by atoms with Crippen molar-refractivity contribution in [1.29, 1.82) is 5.26 Å². The van der Waals surface area contributed by atoms with E-state index in [1.807, 2.05) is 0 Å². The molecule has 3 heteroatoms. The van der Waals surface area contributed by atoms with Gasteiger partial charge in [-0.1, -0.05) is 25.7 Å². The van der Waals surface area contributed by atoms with Crippen molar-refractivity contribution in [2.24, 2.45) is 0 Å². The van der Waals surface area contributed by atoms with Gasteiger partial charge in [-0.3, -0.25) is 4.98 Å². The van der Waals surface area contributed by atoms with Crippen LogP contribution in [0.25, 0.3) is 0 Å². The third-order valence-corrected chi connectivity index (χ3v) is 4.78. The molecule has 1 aromatic rings. The second-order valence-electron chi connectivity index (χ2n) is 5.21. The van der Waals surface area contributed by atoms with Crippen molar-refractivity contribution in [3.63, 3.8) is 0 Å². The topological polar surface area (TPSA) is 36.7 Å². The largest absolute Gasteiger partial charge is 0.261 e. The van der Waals surface area contributed by atoms with Crippen LogP contribution in [0.4, 0.5) is 0 Å². The third-order valence-electron chi connectivity index (χ3n) is 2.97. The Kier molecular flexibility index (Phi) is 2.39. The highest BCUT2D eigenvalue weighted by Gasteiger charge is 2.26. The van der Waals surface area contributed by atoms with Crippen LogP contribution in [0, 0.1) is 11.3 Å². The summed E-state index contributed by atoms with van der Waals surface area (Å²) < 4.78 is 0. The van der Waals surface area contributed by atoms with Gasteiger partial charge in [-0.05, 0) is 24.5 Å². The molecular formula is C12H16N2Si. The van der Waals surface area contributed by atoms with E-state index in [4.69, 9.17) is 10.2 Å². The van der Waals surface area contributed by atoms with Gasteiger partial charge in [0.15, 0.2) is 0 Å². The minimum atomic E-state index is -1.34. The van der Waals surface area contributed by atoms with Crippen LogP contribution in [0.1, 0.15) is 23.6 Å². The Morgan fingerprint density at radius 3 is 2.73 bits per heavy atom. The van der Waals surface area contributed by atoms with Crippen LogP contribution in [0.5, 0.6) is 0 Å². The van der Waals surface area contributed by atoms with Crippen molar-refractivity contribution in [2.75, 3.05) is 0 Å². The minimum Gasteiger partial charge on any atom is -0.261 e. The molecule has 0 spiro atoms. The number of nitrogens with zero attached hydrogens (tertiary/aromatic N) is 2. The first-order valence-electron chi connectivity index (χ1n) is 5.42. The third kappa shape index (κ3) is 1.82. The molecule has 2 rings (SSSR count). The lowest BCUT2D eigenvalue weighted by molar-refractivity contribution is 0.811. The fourth-order valence-corrected chi connectivity index (χ4v) is 3.04. The maximum absolute atomic E-state index is 9.03. The first kappa shape index (κ1) is 10.4. The molecule has 0 radical (unpaired) electrons. The SMILES string of the molecule is C[Si](C)(C)c1ccc2c(n1)C(C#N)CC2. The van der Waals surface area contributed by atoms with Gasteiger partial charge in [0.1, 0.15) is 8.07 Å². The molecule has 0 saturated carbocycles. The summed E-state index contributed by atoms with van der Waals surface area (Å²) in [6.07, 6.45) is 1.97. The summed E-state index contributed by atoms with van der Waals surface area (Å²) in [5.41, 5.74) is 2.33. The van der Waals surface area contributed by atoms with E-state index in [9.17, 15) is 0 Å².